The van der Waals surface area contributed by atoms with Crippen molar-refractivity contribution in [3.63, 3.8) is 0 Å². The minimum atomic E-state index is -4.49. The van der Waals surface area contributed by atoms with Crippen LogP contribution in [0.3, 0.4) is 0 Å². The average molecular weight is 428 g/mol. The fourth-order valence-corrected chi connectivity index (χ4v) is 3.82. The Morgan fingerprint density at radius 2 is 1.71 bits per heavy atom. The number of thioether (sulfide) groups is 1. The molecule has 13 heteroatoms. The first kappa shape index (κ1) is 22.3. The second-order valence-electron chi connectivity index (χ2n) is 6.02. The number of carbonyl (C=O) groups is 3. The molecule has 2 fully saturated rings. The SMILES string of the molecule is CC(=O)OC[C@H]1O[C@H]2SC(=NCC(F)(F)F)NC2[C@@H](OC(C)=O)[C@@H]1OC(C)=O. The number of nitrogens with zero attached hydrogens (tertiary/aromatic N) is 1. The average Bonchev–Trinajstić information content (AvgIpc) is 2.95. The summed E-state index contributed by atoms with van der Waals surface area (Å²) >= 11 is 0.869. The number of ether oxygens (including phenoxy) is 4. The topological polar surface area (TPSA) is 113 Å². The van der Waals surface area contributed by atoms with E-state index in [1.165, 1.54) is 6.92 Å². The van der Waals surface area contributed by atoms with Crippen LogP contribution in [-0.2, 0) is 33.3 Å². The second kappa shape index (κ2) is 8.99. The number of nitrogens with one attached hydrogen (secondary N) is 1. The van der Waals surface area contributed by atoms with Crippen molar-refractivity contribution < 1.29 is 46.5 Å². The highest BCUT2D eigenvalue weighted by atomic mass is 32.2. The number of aliphatic imine (C=N–C) groups is 1. The highest BCUT2D eigenvalue weighted by Gasteiger charge is 2.54. The molecule has 0 amide bonds. The molecule has 1 unspecified atom stereocenters. The Hall–Kier alpha value is -2.02. The quantitative estimate of drug-likeness (QED) is 0.501. The van der Waals surface area contributed by atoms with Gasteiger partial charge < -0.3 is 24.3 Å². The molecule has 0 spiro atoms. The molecule has 0 aromatic heterocycles. The number of halogens is 3. The fraction of sp³-hybridized carbons (Fsp3) is 0.733. The number of esters is 3. The molecule has 2 saturated heterocycles. The van der Waals surface area contributed by atoms with Gasteiger partial charge in [0.15, 0.2) is 17.4 Å². The first-order valence-electron chi connectivity index (χ1n) is 8.14. The third-order valence-corrected chi connectivity index (χ3v) is 4.73. The monoisotopic (exact) mass is 428 g/mol. The van der Waals surface area contributed by atoms with E-state index in [4.69, 9.17) is 18.9 Å². The molecule has 0 aromatic rings. The molecular formula is C15H19F3N2O7S. The van der Waals surface area contributed by atoms with Crippen LogP contribution in [0, 0.1) is 0 Å². The van der Waals surface area contributed by atoms with Crippen LogP contribution in [0.15, 0.2) is 4.99 Å². The zero-order valence-electron chi connectivity index (χ0n) is 15.1. The maximum absolute atomic E-state index is 12.4. The van der Waals surface area contributed by atoms with Crippen LogP contribution in [0.4, 0.5) is 13.2 Å². The first-order valence-corrected chi connectivity index (χ1v) is 9.02. The smallest absolute Gasteiger partial charge is 0.408 e. The Labute approximate surface area is 162 Å². The minimum Gasteiger partial charge on any atom is -0.463 e. The summed E-state index contributed by atoms with van der Waals surface area (Å²) in [6.07, 6.45) is -7.71. The lowest BCUT2D eigenvalue weighted by Gasteiger charge is -2.41. The van der Waals surface area contributed by atoms with E-state index < -0.39 is 60.4 Å². The van der Waals surface area contributed by atoms with E-state index in [0.717, 1.165) is 25.6 Å². The van der Waals surface area contributed by atoms with E-state index in [2.05, 4.69) is 10.3 Å². The highest BCUT2D eigenvalue weighted by molar-refractivity contribution is 8.14. The van der Waals surface area contributed by atoms with Crippen LogP contribution in [0.2, 0.25) is 0 Å². The number of amidine groups is 1. The zero-order valence-corrected chi connectivity index (χ0v) is 16.0. The lowest BCUT2D eigenvalue weighted by molar-refractivity contribution is -0.209. The van der Waals surface area contributed by atoms with E-state index in [1.807, 2.05) is 0 Å². The van der Waals surface area contributed by atoms with E-state index >= 15 is 0 Å². The maximum atomic E-state index is 12.4. The maximum Gasteiger partial charge on any atom is 0.408 e. The third-order valence-electron chi connectivity index (χ3n) is 3.62. The van der Waals surface area contributed by atoms with Gasteiger partial charge in [0.25, 0.3) is 0 Å². The van der Waals surface area contributed by atoms with E-state index in [0.29, 0.717) is 0 Å². The molecular weight excluding hydrogens is 409 g/mol. The van der Waals surface area contributed by atoms with Gasteiger partial charge in [-0.1, -0.05) is 11.8 Å². The van der Waals surface area contributed by atoms with Crippen molar-refractivity contribution >= 4 is 34.8 Å². The van der Waals surface area contributed by atoms with Gasteiger partial charge in [0.1, 0.15) is 30.7 Å². The summed E-state index contributed by atoms with van der Waals surface area (Å²) in [5.41, 5.74) is -0.802. The number of hydrogen-bond acceptors (Lipinski definition) is 9. The normalized spacial score (nSPS) is 30.9. The van der Waals surface area contributed by atoms with E-state index in [9.17, 15) is 27.6 Å². The number of alkyl halides is 3. The second-order valence-corrected chi connectivity index (χ2v) is 7.11. The van der Waals surface area contributed by atoms with Gasteiger partial charge in [-0.25, -0.2) is 0 Å². The Kier molecular flexibility index (Phi) is 7.15. The van der Waals surface area contributed by atoms with Gasteiger partial charge in [-0.3, -0.25) is 19.4 Å². The van der Waals surface area contributed by atoms with Gasteiger partial charge >= 0.3 is 24.1 Å². The Morgan fingerprint density at radius 1 is 1.11 bits per heavy atom. The van der Waals surface area contributed by atoms with Crippen LogP contribution >= 0.6 is 11.8 Å². The van der Waals surface area contributed by atoms with Crippen molar-refractivity contribution in [3.05, 3.63) is 0 Å². The van der Waals surface area contributed by atoms with Gasteiger partial charge in [0.05, 0.1) is 0 Å². The van der Waals surface area contributed by atoms with E-state index in [1.54, 1.807) is 0 Å². The molecule has 28 heavy (non-hydrogen) atoms. The van der Waals surface area contributed by atoms with Crippen molar-refractivity contribution in [1.82, 2.24) is 5.32 Å². The number of fused-ring (bicyclic) bond motifs is 1. The molecule has 2 heterocycles. The largest absolute Gasteiger partial charge is 0.463 e. The summed E-state index contributed by atoms with van der Waals surface area (Å²) in [7, 11) is 0. The summed E-state index contributed by atoms with van der Waals surface area (Å²) in [4.78, 5) is 37.6. The zero-order chi connectivity index (χ0) is 21.1. The van der Waals surface area contributed by atoms with E-state index in [-0.39, 0.29) is 11.8 Å². The predicted molar refractivity (Wildman–Crippen MR) is 89.3 cm³/mol. The summed E-state index contributed by atoms with van der Waals surface area (Å²) in [5.74, 6) is -2.00. The predicted octanol–water partition coefficient (Wildman–Crippen LogP) is 0.761. The van der Waals surface area contributed by atoms with Crippen LogP contribution in [0.25, 0.3) is 0 Å². The molecule has 9 nitrogen and oxygen atoms in total. The summed E-state index contributed by atoms with van der Waals surface area (Å²) in [6, 6.07) is -0.821. The van der Waals surface area contributed by atoms with Crippen molar-refractivity contribution in [2.24, 2.45) is 4.99 Å². The van der Waals surface area contributed by atoms with Crippen LogP contribution < -0.4 is 5.32 Å². The van der Waals surface area contributed by atoms with Gasteiger partial charge in [-0.2, -0.15) is 13.2 Å². The van der Waals surface area contributed by atoms with Gasteiger partial charge in [0, 0.05) is 20.8 Å². The molecule has 5 atom stereocenters. The van der Waals surface area contributed by atoms with Crippen molar-refractivity contribution in [3.8, 4) is 0 Å². The molecule has 0 aliphatic carbocycles. The lowest BCUT2D eigenvalue weighted by atomic mass is 9.97. The highest BCUT2D eigenvalue weighted by Crippen LogP contribution is 2.37. The first-order chi connectivity index (χ1) is 13.0. The molecule has 158 valence electrons. The number of rotatable bonds is 5. The summed E-state index contributed by atoms with van der Waals surface area (Å²) < 4.78 is 58.4. The van der Waals surface area contributed by atoms with Crippen LogP contribution in [0.1, 0.15) is 20.8 Å². The fourth-order valence-electron chi connectivity index (χ4n) is 2.69. The van der Waals surface area contributed by atoms with Crippen LogP contribution in [-0.4, -0.2) is 72.2 Å². The molecule has 0 radical (unpaired) electrons. The van der Waals surface area contributed by atoms with Crippen molar-refractivity contribution in [1.29, 1.82) is 0 Å². The molecule has 1 N–H and O–H groups in total. The summed E-state index contributed by atoms with van der Waals surface area (Å²) in [5, 5.41) is 2.66. The lowest BCUT2D eigenvalue weighted by Crippen LogP contribution is -2.62. The molecule has 2 rings (SSSR count). The molecule has 0 aromatic carbocycles. The molecule has 2 aliphatic heterocycles. The Morgan fingerprint density at radius 3 is 2.25 bits per heavy atom. The standard InChI is InChI=1S/C15H19F3N2O7S/c1-6(21)24-4-9-11(25-7(2)22)12(26-8(3)23)10-13(27-9)28-14(20-10)19-5-15(16,17)18/h9-13H,4-5H2,1-3H3,(H,19,20)/t9-,10?,11-,12-,13+/m1/s1. The van der Waals surface area contributed by atoms with Crippen molar-refractivity contribution in [2.45, 2.75) is 56.7 Å². The molecule has 0 saturated carbocycles. The number of hydrogen-bond donors (Lipinski definition) is 1. The van der Waals surface area contributed by atoms with Gasteiger partial charge in [0.2, 0.25) is 0 Å². The molecule has 0 bridgehead atoms. The van der Waals surface area contributed by atoms with Crippen molar-refractivity contribution in [2.75, 3.05) is 13.2 Å². The summed E-state index contributed by atoms with van der Waals surface area (Å²) in [6.45, 7) is 1.74. The Bertz CT molecular complexity index is 658. The minimum absolute atomic E-state index is 0.0563. The third kappa shape index (κ3) is 6.26. The van der Waals surface area contributed by atoms with Gasteiger partial charge in [-0.05, 0) is 0 Å². The molecule has 2 aliphatic rings. The van der Waals surface area contributed by atoms with Crippen LogP contribution in [0.5, 0.6) is 0 Å². The van der Waals surface area contributed by atoms with Gasteiger partial charge in [-0.15, -0.1) is 0 Å². The Balaban J connectivity index is 2.26. The number of carbonyl (C=O) groups excluding carboxylic acids is 3.